The molecule has 0 fully saturated rings. The van der Waals surface area contributed by atoms with E-state index in [9.17, 15) is 4.79 Å². The molecule has 0 saturated carbocycles. The van der Waals surface area contributed by atoms with Crippen LogP contribution < -0.4 is 5.73 Å². The molecule has 0 bridgehead atoms. The Morgan fingerprint density at radius 3 is 2.29 bits per heavy atom. The lowest BCUT2D eigenvalue weighted by molar-refractivity contribution is -0.138. The smallest absolute Gasteiger partial charge is 0.303 e. The van der Waals surface area contributed by atoms with Crippen LogP contribution in [0.4, 0.5) is 0 Å². The van der Waals surface area contributed by atoms with Gasteiger partial charge < -0.3 is 10.8 Å². The fraction of sp³-hybridized carbons (Fsp3) is 0.909. The second-order valence-electron chi connectivity index (χ2n) is 4.67. The predicted molar refractivity (Wildman–Crippen MR) is 58.1 cm³/mol. The molecule has 0 heterocycles. The number of carbonyl (C=O) groups is 1. The maximum atomic E-state index is 10.4. The molecule has 0 aliphatic heterocycles. The molecular weight excluding hydrogens is 178 g/mol. The molecule has 3 heteroatoms. The molecule has 0 spiro atoms. The van der Waals surface area contributed by atoms with Crippen molar-refractivity contribution in [2.45, 2.75) is 52.5 Å². The number of carboxylic acid groups (broad SMARTS) is 1. The van der Waals surface area contributed by atoms with E-state index >= 15 is 0 Å². The van der Waals surface area contributed by atoms with Crippen molar-refractivity contribution in [2.75, 3.05) is 0 Å². The Bertz CT molecular complexity index is 169. The Balaban J connectivity index is 3.59. The quantitative estimate of drug-likeness (QED) is 0.664. The minimum Gasteiger partial charge on any atom is -0.481 e. The van der Waals surface area contributed by atoms with Gasteiger partial charge in [0.05, 0.1) is 0 Å². The van der Waals surface area contributed by atoms with Gasteiger partial charge in [-0.15, -0.1) is 0 Å². The van der Waals surface area contributed by atoms with Crippen LogP contribution in [0.2, 0.25) is 0 Å². The summed E-state index contributed by atoms with van der Waals surface area (Å²) in [7, 11) is 0. The molecule has 3 nitrogen and oxygen atoms in total. The monoisotopic (exact) mass is 201 g/mol. The van der Waals surface area contributed by atoms with E-state index in [1.807, 2.05) is 6.92 Å². The van der Waals surface area contributed by atoms with E-state index in [2.05, 4.69) is 13.8 Å². The van der Waals surface area contributed by atoms with Crippen molar-refractivity contribution in [3.63, 3.8) is 0 Å². The summed E-state index contributed by atoms with van der Waals surface area (Å²) in [6.07, 6.45) is 3.18. The van der Waals surface area contributed by atoms with E-state index in [4.69, 9.17) is 10.8 Å². The van der Waals surface area contributed by atoms with Gasteiger partial charge in [0.1, 0.15) is 0 Å². The highest BCUT2D eigenvalue weighted by Gasteiger charge is 2.12. The Morgan fingerprint density at radius 1 is 1.29 bits per heavy atom. The number of nitrogens with two attached hydrogens (primary N) is 1. The first-order valence-electron chi connectivity index (χ1n) is 5.39. The van der Waals surface area contributed by atoms with E-state index in [0.29, 0.717) is 5.92 Å². The summed E-state index contributed by atoms with van der Waals surface area (Å²) in [4.78, 5) is 10.4. The number of hydrogen-bond acceptors (Lipinski definition) is 2. The van der Waals surface area contributed by atoms with Gasteiger partial charge >= 0.3 is 5.97 Å². The summed E-state index contributed by atoms with van der Waals surface area (Å²) in [5, 5.41) is 8.57. The lowest BCUT2D eigenvalue weighted by Gasteiger charge is -2.16. The van der Waals surface area contributed by atoms with Crippen molar-refractivity contribution >= 4 is 5.97 Å². The van der Waals surface area contributed by atoms with E-state index in [0.717, 1.165) is 19.3 Å². The van der Waals surface area contributed by atoms with Crippen LogP contribution in [0.1, 0.15) is 46.5 Å². The molecule has 0 saturated heterocycles. The topological polar surface area (TPSA) is 63.3 Å². The van der Waals surface area contributed by atoms with Crippen LogP contribution in [0, 0.1) is 11.8 Å². The maximum absolute atomic E-state index is 10.4. The van der Waals surface area contributed by atoms with Crippen molar-refractivity contribution in [2.24, 2.45) is 17.6 Å². The highest BCUT2D eigenvalue weighted by Crippen LogP contribution is 2.14. The van der Waals surface area contributed by atoms with Crippen LogP contribution in [0.15, 0.2) is 0 Å². The molecule has 3 N–H and O–H groups in total. The van der Waals surface area contributed by atoms with Crippen molar-refractivity contribution in [3.8, 4) is 0 Å². The van der Waals surface area contributed by atoms with Crippen molar-refractivity contribution in [1.29, 1.82) is 0 Å². The third-order valence-corrected chi connectivity index (χ3v) is 2.34. The van der Waals surface area contributed by atoms with Gasteiger partial charge in [-0.05, 0) is 31.1 Å². The van der Waals surface area contributed by atoms with Gasteiger partial charge in [0.25, 0.3) is 0 Å². The number of aliphatic carboxylic acids is 1. The fourth-order valence-electron chi connectivity index (χ4n) is 1.56. The van der Waals surface area contributed by atoms with Crippen molar-refractivity contribution in [3.05, 3.63) is 0 Å². The molecule has 2 atom stereocenters. The van der Waals surface area contributed by atoms with Gasteiger partial charge in [-0.2, -0.15) is 0 Å². The summed E-state index contributed by atoms with van der Waals surface area (Å²) in [5.41, 5.74) is 5.91. The first-order valence-corrected chi connectivity index (χ1v) is 5.39. The highest BCUT2D eigenvalue weighted by atomic mass is 16.4. The molecule has 0 rings (SSSR count). The Labute approximate surface area is 86.7 Å². The molecule has 0 amide bonds. The zero-order valence-electron chi connectivity index (χ0n) is 9.49. The molecule has 84 valence electrons. The third-order valence-electron chi connectivity index (χ3n) is 2.34. The standard InChI is InChI=1S/C11H23NO2/c1-8(2)4-5-10(12)6-9(3)7-11(13)14/h8-10H,4-7,12H2,1-3H3,(H,13,14)/t9-,10+/m0/s1. The Morgan fingerprint density at radius 2 is 1.86 bits per heavy atom. The number of carboxylic acids is 1. The summed E-state index contributed by atoms with van der Waals surface area (Å²) in [5.74, 6) is 0.138. The SMILES string of the molecule is CC(C)CC[C@@H](N)C[C@H](C)CC(=O)O. The van der Waals surface area contributed by atoms with E-state index in [1.165, 1.54) is 0 Å². The van der Waals surface area contributed by atoms with Gasteiger partial charge in [-0.1, -0.05) is 20.8 Å². The molecule has 0 aliphatic carbocycles. The van der Waals surface area contributed by atoms with Gasteiger partial charge in [0.2, 0.25) is 0 Å². The second kappa shape index (κ2) is 6.82. The molecule has 0 aromatic carbocycles. The first kappa shape index (κ1) is 13.4. The average molecular weight is 201 g/mol. The highest BCUT2D eigenvalue weighted by molar-refractivity contribution is 5.66. The molecule has 0 radical (unpaired) electrons. The largest absolute Gasteiger partial charge is 0.481 e. The molecule has 0 aromatic rings. The van der Waals surface area contributed by atoms with Crippen LogP contribution >= 0.6 is 0 Å². The van der Waals surface area contributed by atoms with E-state index in [1.54, 1.807) is 0 Å². The second-order valence-corrected chi connectivity index (χ2v) is 4.67. The van der Waals surface area contributed by atoms with Crippen molar-refractivity contribution in [1.82, 2.24) is 0 Å². The minimum atomic E-state index is -0.728. The Hall–Kier alpha value is -0.570. The van der Waals surface area contributed by atoms with Crippen LogP contribution in [0.5, 0.6) is 0 Å². The third kappa shape index (κ3) is 8.05. The normalized spacial score (nSPS) is 15.5. The number of hydrogen-bond donors (Lipinski definition) is 2. The van der Waals surface area contributed by atoms with Gasteiger partial charge in [0, 0.05) is 12.5 Å². The molecule has 14 heavy (non-hydrogen) atoms. The molecular formula is C11H23NO2. The first-order chi connectivity index (χ1) is 6.41. The summed E-state index contributed by atoms with van der Waals surface area (Å²) in [6, 6.07) is 0.159. The van der Waals surface area contributed by atoms with E-state index in [-0.39, 0.29) is 18.4 Å². The lowest BCUT2D eigenvalue weighted by atomic mass is 9.94. The van der Waals surface area contributed by atoms with Gasteiger partial charge in [-0.25, -0.2) is 0 Å². The molecule has 0 aromatic heterocycles. The predicted octanol–water partition coefficient (Wildman–Crippen LogP) is 2.25. The fourth-order valence-corrected chi connectivity index (χ4v) is 1.56. The molecule has 0 aliphatic rings. The van der Waals surface area contributed by atoms with Crippen LogP contribution in [-0.2, 0) is 4.79 Å². The van der Waals surface area contributed by atoms with E-state index < -0.39 is 5.97 Å². The molecule has 0 unspecified atom stereocenters. The minimum absolute atomic E-state index is 0.159. The average Bonchev–Trinajstić information content (AvgIpc) is 1.98. The lowest BCUT2D eigenvalue weighted by Crippen LogP contribution is -2.24. The summed E-state index contributed by atoms with van der Waals surface area (Å²) in [6.45, 7) is 6.30. The summed E-state index contributed by atoms with van der Waals surface area (Å²) < 4.78 is 0. The zero-order valence-corrected chi connectivity index (χ0v) is 9.49. The Kier molecular flexibility index (Phi) is 6.54. The maximum Gasteiger partial charge on any atom is 0.303 e. The number of rotatable bonds is 7. The summed E-state index contributed by atoms with van der Waals surface area (Å²) >= 11 is 0. The van der Waals surface area contributed by atoms with Gasteiger partial charge in [0.15, 0.2) is 0 Å². The zero-order chi connectivity index (χ0) is 11.1. The van der Waals surface area contributed by atoms with Crippen molar-refractivity contribution < 1.29 is 9.90 Å². The van der Waals surface area contributed by atoms with Crippen LogP contribution in [0.3, 0.4) is 0 Å². The van der Waals surface area contributed by atoms with Crippen LogP contribution in [0.25, 0.3) is 0 Å². The van der Waals surface area contributed by atoms with Crippen LogP contribution in [-0.4, -0.2) is 17.1 Å². The van der Waals surface area contributed by atoms with Gasteiger partial charge in [-0.3, -0.25) is 4.79 Å².